The lowest BCUT2D eigenvalue weighted by Gasteiger charge is -2.09. The van der Waals surface area contributed by atoms with Crippen molar-refractivity contribution in [1.82, 2.24) is 0 Å². The van der Waals surface area contributed by atoms with Gasteiger partial charge >= 0.3 is 0 Å². The number of carbonyl (C=O) groups excluding carboxylic acids is 1. The van der Waals surface area contributed by atoms with Gasteiger partial charge in [0.2, 0.25) is 5.91 Å². The van der Waals surface area contributed by atoms with Gasteiger partial charge in [-0.05, 0) is 37.3 Å². The van der Waals surface area contributed by atoms with Gasteiger partial charge in [-0.15, -0.1) is 0 Å². The minimum atomic E-state index is -0.253. The van der Waals surface area contributed by atoms with Crippen molar-refractivity contribution in [3.05, 3.63) is 47.9 Å². The van der Waals surface area contributed by atoms with Gasteiger partial charge in [0.05, 0.1) is 14.2 Å². The van der Waals surface area contributed by atoms with Crippen LogP contribution in [0, 0.1) is 6.92 Å². The molecule has 110 valence electrons. The van der Waals surface area contributed by atoms with Crippen LogP contribution in [-0.2, 0) is 4.79 Å². The lowest BCUT2D eigenvalue weighted by Crippen LogP contribution is -2.07. The summed E-state index contributed by atoms with van der Waals surface area (Å²) in [6.45, 7) is 1.85. The normalized spacial score (nSPS) is 10.6. The SMILES string of the molecule is COc1ccc(NC(=O)/C=C/c2ccc(C)o2)cc1OC. The van der Waals surface area contributed by atoms with E-state index in [-0.39, 0.29) is 5.91 Å². The number of furan rings is 1. The Morgan fingerprint density at radius 3 is 2.52 bits per heavy atom. The van der Waals surface area contributed by atoms with Gasteiger partial charge in [-0.1, -0.05) is 0 Å². The molecule has 0 atom stereocenters. The van der Waals surface area contributed by atoms with E-state index >= 15 is 0 Å². The van der Waals surface area contributed by atoms with E-state index in [1.54, 1.807) is 44.6 Å². The fourth-order valence-corrected chi connectivity index (χ4v) is 1.80. The molecule has 0 aliphatic carbocycles. The Bertz CT molecular complexity index is 658. The molecule has 1 N–H and O–H groups in total. The predicted molar refractivity (Wildman–Crippen MR) is 80.7 cm³/mol. The number of anilines is 1. The Morgan fingerprint density at radius 1 is 1.14 bits per heavy atom. The second-order valence-electron chi connectivity index (χ2n) is 4.34. The van der Waals surface area contributed by atoms with Crippen LogP contribution in [0.15, 0.2) is 40.8 Å². The molecule has 0 fully saturated rings. The zero-order valence-electron chi connectivity index (χ0n) is 12.2. The predicted octanol–water partition coefficient (Wildman–Crippen LogP) is 3.26. The number of benzene rings is 1. The molecule has 0 saturated heterocycles. The molecule has 2 rings (SSSR count). The molecule has 2 aromatic rings. The van der Waals surface area contributed by atoms with Gasteiger partial charge in [0.15, 0.2) is 11.5 Å². The first-order valence-corrected chi connectivity index (χ1v) is 6.40. The highest BCUT2D eigenvalue weighted by Gasteiger charge is 2.06. The summed E-state index contributed by atoms with van der Waals surface area (Å²) >= 11 is 0. The van der Waals surface area contributed by atoms with Crippen LogP contribution in [0.1, 0.15) is 11.5 Å². The first-order valence-electron chi connectivity index (χ1n) is 6.40. The first kappa shape index (κ1) is 14.7. The summed E-state index contributed by atoms with van der Waals surface area (Å²) in [4.78, 5) is 11.8. The Morgan fingerprint density at radius 2 is 1.90 bits per heavy atom. The molecule has 5 nitrogen and oxygen atoms in total. The maximum absolute atomic E-state index is 11.8. The van der Waals surface area contributed by atoms with Crippen LogP contribution in [0.3, 0.4) is 0 Å². The molecule has 0 unspecified atom stereocenters. The Kier molecular flexibility index (Phi) is 4.66. The molecule has 5 heteroatoms. The topological polar surface area (TPSA) is 60.7 Å². The van der Waals surface area contributed by atoms with Gasteiger partial charge in [0.25, 0.3) is 0 Å². The molecule has 0 saturated carbocycles. The number of amides is 1. The molecule has 1 aromatic carbocycles. The summed E-state index contributed by atoms with van der Waals surface area (Å²) in [5, 5.41) is 2.74. The largest absolute Gasteiger partial charge is 0.493 e. The Hall–Kier alpha value is -2.69. The summed E-state index contributed by atoms with van der Waals surface area (Å²) in [7, 11) is 3.10. The molecule has 1 heterocycles. The highest BCUT2D eigenvalue weighted by Crippen LogP contribution is 2.29. The zero-order chi connectivity index (χ0) is 15.2. The van der Waals surface area contributed by atoms with Crippen LogP contribution >= 0.6 is 0 Å². The van der Waals surface area contributed by atoms with Crippen LogP contribution in [0.2, 0.25) is 0 Å². The Balaban J connectivity index is 2.04. The van der Waals surface area contributed by atoms with Crippen molar-refractivity contribution >= 4 is 17.7 Å². The number of carbonyl (C=O) groups is 1. The molecule has 0 radical (unpaired) electrons. The van der Waals surface area contributed by atoms with Gasteiger partial charge in [0.1, 0.15) is 11.5 Å². The zero-order valence-corrected chi connectivity index (χ0v) is 12.2. The third-order valence-electron chi connectivity index (χ3n) is 2.81. The maximum Gasteiger partial charge on any atom is 0.248 e. The fraction of sp³-hybridized carbons (Fsp3) is 0.188. The molecule has 0 bridgehead atoms. The molecule has 0 spiro atoms. The van der Waals surface area contributed by atoms with E-state index in [0.717, 1.165) is 5.76 Å². The van der Waals surface area contributed by atoms with Crippen molar-refractivity contribution < 1.29 is 18.7 Å². The highest BCUT2D eigenvalue weighted by atomic mass is 16.5. The number of hydrogen-bond acceptors (Lipinski definition) is 4. The van der Waals surface area contributed by atoms with Crippen molar-refractivity contribution in [2.75, 3.05) is 19.5 Å². The number of methoxy groups -OCH3 is 2. The number of aryl methyl sites for hydroxylation is 1. The minimum Gasteiger partial charge on any atom is -0.493 e. The van der Waals surface area contributed by atoms with Crippen molar-refractivity contribution in [3.63, 3.8) is 0 Å². The van der Waals surface area contributed by atoms with E-state index in [1.807, 2.05) is 13.0 Å². The molecule has 1 aromatic heterocycles. The second-order valence-corrected chi connectivity index (χ2v) is 4.34. The minimum absolute atomic E-state index is 0.253. The van der Waals surface area contributed by atoms with Gasteiger partial charge in [-0.2, -0.15) is 0 Å². The van der Waals surface area contributed by atoms with E-state index in [1.165, 1.54) is 6.08 Å². The van der Waals surface area contributed by atoms with E-state index in [4.69, 9.17) is 13.9 Å². The third kappa shape index (κ3) is 3.89. The van der Waals surface area contributed by atoms with Crippen molar-refractivity contribution in [2.45, 2.75) is 6.92 Å². The lowest BCUT2D eigenvalue weighted by atomic mass is 10.2. The van der Waals surface area contributed by atoms with Gasteiger partial charge in [-0.3, -0.25) is 4.79 Å². The maximum atomic E-state index is 11.8. The van der Waals surface area contributed by atoms with Crippen LogP contribution in [-0.4, -0.2) is 20.1 Å². The van der Waals surface area contributed by atoms with Crippen LogP contribution in [0.25, 0.3) is 6.08 Å². The van der Waals surface area contributed by atoms with Gasteiger partial charge < -0.3 is 19.2 Å². The van der Waals surface area contributed by atoms with Crippen LogP contribution in [0.4, 0.5) is 5.69 Å². The van der Waals surface area contributed by atoms with Crippen LogP contribution < -0.4 is 14.8 Å². The number of ether oxygens (including phenoxy) is 2. The van der Waals surface area contributed by atoms with E-state index in [2.05, 4.69) is 5.32 Å². The molecule has 0 aliphatic heterocycles. The molecular formula is C16H17NO4. The molecular weight excluding hydrogens is 270 g/mol. The van der Waals surface area contributed by atoms with Crippen molar-refractivity contribution in [3.8, 4) is 11.5 Å². The quantitative estimate of drug-likeness (QED) is 0.857. The summed E-state index contributed by atoms with van der Waals surface area (Å²) < 4.78 is 15.7. The molecule has 21 heavy (non-hydrogen) atoms. The average Bonchev–Trinajstić information content (AvgIpc) is 2.90. The first-order chi connectivity index (χ1) is 10.1. The summed E-state index contributed by atoms with van der Waals surface area (Å²) in [6.07, 6.45) is 3.03. The highest BCUT2D eigenvalue weighted by molar-refractivity contribution is 6.01. The van der Waals surface area contributed by atoms with Crippen molar-refractivity contribution in [1.29, 1.82) is 0 Å². The van der Waals surface area contributed by atoms with Crippen molar-refractivity contribution in [2.24, 2.45) is 0 Å². The molecule has 1 amide bonds. The summed E-state index contributed by atoms with van der Waals surface area (Å²) in [5.74, 6) is 2.35. The molecule has 0 aliphatic rings. The van der Waals surface area contributed by atoms with Gasteiger partial charge in [-0.25, -0.2) is 0 Å². The number of hydrogen-bond donors (Lipinski definition) is 1. The summed E-state index contributed by atoms with van der Waals surface area (Å²) in [6, 6.07) is 8.81. The Labute approximate surface area is 123 Å². The van der Waals surface area contributed by atoms with E-state index < -0.39 is 0 Å². The van der Waals surface area contributed by atoms with Crippen LogP contribution in [0.5, 0.6) is 11.5 Å². The number of rotatable bonds is 5. The fourth-order valence-electron chi connectivity index (χ4n) is 1.80. The third-order valence-corrected chi connectivity index (χ3v) is 2.81. The average molecular weight is 287 g/mol. The van der Waals surface area contributed by atoms with Gasteiger partial charge in [0, 0.05) is 17.8 Å². The standard InChI is InChI=1S/C16H17NO4/c1-11-4-6-13(21-11)7-9-16(18)17-12-5-8-14(19-2)15(10-12)20-3/h4-10H,1-3H3,(H,17,18)/b9-7+. The smallest absolute Gasteiger partial charge is 0.248 e. The lowest BCUT2D eigenvalue weighted by molar-refractivity contribution is -0.111. The summed E-state index contributed by atoms with van der Waals surface area (Å²) in [5.41, 5.74) is 0.623. The monoisotopic (exact) mass is 287 g/mol. The number of nitrogens with one attached hydrogen (secondary N) is 1. The second kappa shape index (κ2) is 6.65. The van der Waals surface area contributed by atoms with E-state index in [9.17, 15) is 4.79 Å². The van der Waals surface area contributed by atoms with E-state index in [0.29, 0.717) is 22.9 Å².